The van der Waals surface area contributed by atoms with Crippen molar-refractivity contribution in [2.75, 3.05) is 6.54 Å². The van der Waals surface area contributed by atoms with Crippen LogP contribution in [0, 0.1) is 11.8 Å². The van der Waals surface area contributed by atoms with Gasteiger partial charge in [-0.15, -0.1) is 0 Å². The van der Waals surface area contributed by atoms with Gasteiger partial charge in [-0.2, -0.15) is 0 Å². The first-order chi connectivity index (χ1) is 7.83. The molecule has 90 valence electrons. The van der Waals surface area contributed by atoms with E-state index in [9.17, 15) is 4.79 Å². The van der Waals surface area contributed by atoms with Crippen LogP contribution in [0.25, 0.3) is 0 Å². The molecule has 3 fully saturated rings. The maximum atomic E-state index is 12.0. The average Bonchev–Trinajstić information content (AvgIpc) is 2.82. The number of rotatable bonds is 4. The first-order valence-corrected chi connectivity index (χ1v) is 6.86. The van der Waals surface area contributed by atoms with Gasteiger partial charge in [0.05, 0.1) is 5.92 Å². The Hall–Kier alpha value is -0.570. The van der Waals surface area contributed by atoms with Crippen LogP contribution in [0.2, 0.25) is 0 Å². The molecule has 2 aliphatic heterocycles. The van der Waals surface area contributed by atoms with E-state index in [4.69, 9.17) is 0 Å². The van der Waals surface area contributed by atoms with E-state index in [2.05, 4.69) is 10.6 Å². The Kier molecular flexibility index (Phi) is 2.88. The smallest absolute Gasteiger partial charge is 0.224 e. The maximum absolute atomic E-state index is 12.0. The molecule has 2 N–H and O–H groups in total. The average molecular weight is 222 g/mol. The highest BCUT2D eigenvalue weighted by Gasteiger charge is 2.42. The van der Waals surface area contributed by atoms with Crippen LogP contribution in [0.3, 0.4) is 0 Å². The molecule has 2 heterocycles. The van der Waals surface area contributed by atoms with Crippen LogP contribution in [0.15, 0.2) is 0 Å². The lowest BCUT2D eigenvalue weighted by Gasteiger charge is -2.26. The van der Waals surface area contributed by atoms with Crippen LogP contribution in [0.4, 0.5) is 0 Å². The van der Waals surface area contributed by atoms with Gasteiger partial charge in [0.15, 0.2) is 0 Å². The summed E-state index contributed by atoms with van der Waals surface area (Å²) < 4.78 is 0. The second-order valence-corrected chi connectivity index (χ2v) is 5.77. The molecule has 3 heteroatoms. The van der Waals surface area contributed by atoms with Gasteiger partial charge in [-0.3, -0.25) is 4.79 Å². The lowest BCUT2D eigenvalue weighted by molar-refractivity contribution is -0.125. The molecule has 2 bridgehead atoms. The van der Waals surface area contributed by atoms with Gasteiger partial charge >= 0.3 is 0 Å². The zero-order chi connectivity index (χ0) is 11.0. The van der Waals surface area contributed by atoms with Crippen molar-refractivity contribution in [3.63, 3.8) is 0 Å². The van der Waals surface area contributed by atoms with Gasteiger partial charge in [-0.1, -0.05) is 19.3 Å². The SMILES string of the molecule is O=C(NCCC1CCC1)C1CC2CCC1N2. The summed E-state index contributed by atoms with van der Waals surface area (Å²) in [6, 6.07) is 1.11. The fraction of sp³-hybridized carbons (Fsp3) is 0.923. The minimum absolute atomic E-state index is 0.264. The topological polar surface area (TPSA) is 41.1 Å². The van der Waals surface area contributed by atoms with Crippen LogP contribution in [0.5, 0.6) is 0 Å². The molecule has 0 radical (unpaired) electrons. The highest BCUT2D eigenvalue weighted by molar-refractivity contribution is 5.80. The minimum atomic E-state index is 0.264. The molecular formula is C13H22N2O. The molecule has 1 aliphatic carbocycles. The predicted octanol–water partition coefficient (Wildman–Crippen LogP) is 1.43. The van der Waals surface area contributed by atoms with Gasteiger partial charge in [0.1, 0.15) is 0 Å². The van der Waals surface area contributed by atoms with Crippen molar-refractivity contribution in [1.82, 2.24) is 10.6 Å². The molecule has 0 aromatic rings. The van der Waals surface area contributed by atoms with Gasteiger partial charge in [0.2, 0.25) is 5.91 Å². The second kappa shape index (κ2) is 4.36. The van der Waals surface area contributed by atoms with Gasteiger partial charge < -0.3 is 10.6 Å². The van der Waals surface area contributed by atoms with Gasteiger partial charge in [-0.25, -0.2) is 0 Å². The van der Waals surface area contributed by atoms with E-state index in [0.29, 0.717) is 18.0 Å². The predicted molar refractivity (Wildman–Crippen MR) is 63.0 cm³/mol. The number of carbonyl (C=O) groups excluding carboxylic acids is 1. The van der Waals surface area contributed by atoms with Crippen LogP contribution >= 0.6 is 0 Å². The molecular weight excluding hydrogens is 200 g/mol. The molecule has 1 amide bonds. The molecule has 3 aliphatic rings. The summed E-state index contributed by atoms with van der Waals surface area (Å²) in [6.07, 6.45) is 8.90. The first kappa shape index (κ1) is 10.6. The number of hydrogen-bond donors (Lipinski definition) is 2. The van der Waals surface area contributed by atoms with E-state index < -0.39 is 0 Å². The number of fused-ring (bicyclic) bond motifs is 2. The minimum Gasteiger partial charge on any atom is -0.356 e. The van der Waals surface area contributed by atoms with E-state index in [-0.39, 0.29) is 5.92 Å². The summed E-state index contributed by atoms with van der Waals surface area (Å²) in [6.45, 7) is 0.900. The van der Waals surface area contributed by atoms with E-state index in [1.165, 1.54) is 38.5 Å². The molecule has 3 nitrogen and oxygen atoms in total. The summed E-state index contributed by atoms with van der Waals surface area (Å²) in [5.41, 5.74) is 0. The van der Waals surface area contributed by atoms with Crippen LogP contribution in [-0.2, 0) is 4.79 Å². The van der Waals surface area contributed by atoms with Crippen molar-refractivity contribution in [2.45, 2.75) is 57.0 Å². The molecule has 0 aromatic carbocycles. The first-order valence-electron chi connectivity index (χ1n) is 6.86. The lowest BCUT2D eigenvalue weighted by Crippen LogP contribution is -2.38. The highest BCUT2D eigenvalue weighted by atomic mass is 16.1. The monoisotopic (exact) mass is 222 g/mol. The van der Waals surface area contributed by atoms with Crippen LogP contribution in [0.1, 0.15) is 44.9 Å². The molecule has 3 atom stereocenters. The second-order valence-electron chi connectivity index (χ2n) is 5.77. The molecule has 16 heavy (non-hydrogen) atoms. The summed E-state index contributed by atoms with van der Waals surface area (Å²) in [7, 11) is 0. The van der Waals surface area contributed by atoms with E-state index >= 15 is 0 Å². The van der Waals surface area contributed by atoms with Crippen molar-refractivity contribution < 1.29 is 4.79 Å². The third-order valence-electron chi connectivity index (χ3n) is 4.71. The van der Waals surface area contributed by atoms with Crippen molar-refractivity contribution >= 4 is 5.91 Å². The van der Waals surface area contributed by atoms with Crippen LogP contribution in [-0.4, -0.2) is 24.5 Å². The summed E-state index contributed by atoms with van der Waals surface area (Å²) >= 11 is 0. The van der Waals surface area contributed by atoms with Gasteiger partial charge in [-0.05, 0) is 31.6 Å². The quantitative estimate of drug-likeness (QED) is 0.755. The number of carbonyl (C=O) groups is 1. The highest BCUT2D eigenvalue weighted by Crippen LogP contribution is 2.33. The Morgan fingerprint density at radius 2 is 2.12 bits per heavy atom. The summed E-state index contributed by atoms with van der Waals surface area (Å²) in [4.78, 5) is 12.0. The van der Waals surface area contributed by atoms with E-state index in [1.807, 2.05) is 0 Å². The third-order valence-corrected chi connectivity index (χ3v) is 4.71. The Labute approximate surface area is 97.4 Å². The van der Waals surface area contributed by atoms with Crippen molar-refractivity contribution in [1.29, 1.82) is 0 Å². The Bertz CT molecular complexity index is 275. The molecule has 1 saturated carbocycles. The van der Waals surface area contributed by atoms with Crippen LogP contribution < -0.4 is 10.6 Å². The normalized spacial score (nSPS) is 37.4. The Balaban J connectivity index is 1.39. The number of hydrogen-bond acceptors (Lipinski definition) is 2. The summed E-state index contributed by atoms with van der Waals surface area (Å²) in [5, 5.41) is 6.65. The fourth-order valence-electron chi connectivity index (χ4n) is 3.43. The molecule has 0 aromatic heterocycles. The largest absolute Gasteiger partial charge is 0.356 e. The third kappa shape index (κ3) is 1.97. The standard InChI is InChI=1S/C13H22N2O/c16-13(14-7-6-9-2-1-3-9)11-8-10-4-5-12(11)15-10/h9-12,15H,1-8H2,(H,14,16). The molecule has 0 spiro atoms. The van der Waals surface area contributed by atoms with Gasteiger partial charge in [0.25, 0.3) is 0 Å². The zero-order valence-electron chi connectivity index (χ0n) is 9.87. The number of amides is 1. The zero-order valence-corrected chi connectivity index (χ0v) is 9.87. The van der Waals surface area contributed by atoms with E-state index in [0.717, 1.165) is 18.9 Å². The van der Waals surface area contributed by atoms with Gasteiger partial charge in [0, 0.05) is 18.6 Å². The fourth-order valence-corrected chi connectivity index (χ4v) is 3.43. The number of nitrogens with one attached hydrogen (secondary N) is 2. The van der Waals surface area contributed by atoms with Crippen molar-refractivity contribution in [3.8, 4) is 0 Å². The molecule has 2 saturated heterocycles. The maximum Gasteiger partial charge on any atom is 0.224 e. The van der Waals surface area contributed by atoms with Crippen molar-refractivity contribution in [2.24, 2.45) is 11.8 Å². The summed E-state index contributed by atoms with van der Waals surface area (Å²) in [5.74, 6) is 1.47. The lowest BCUT2D eigenvalue weighted by atomic mass is 9.83. The molecule has 3 unspecified atom stereocenters. The van der Waals surface area contributed by atoms with Crippen molar-refractivity contribution in [3.05, 3.63) is 0 Å². The Morgan fingerprint density at radius 1 is 1.25 bits per heavy atom. The molecule has 3 rings (SSSR count). The van der Waals surface area contributed by atoms with E-state index in [1.54, 1.807) is 0 Å². The Morgan fingerprint density at radius 3 is 2.69 bits per heavy atom.